The van der Waals surface area contributed by atoms with E-state index in [1.165, 1.54) is 6.20 Å². The molecular formula is C15H21N5O3. The van der Waals surface area contributed by atoms with E-state index in [1.807, 2.05) is 23.6 Å². The van der Waals surface area contributed by atoms with Crippen molar-refractivity contribution in [3.63, 3.8) is 0 Å². The van der Waals surface area contributed by atoms with Gasteiger partial charge in [-0.25, -0.2) is 0 Å². The zero-order chi connectivity index (χ0) is 16.6. The van der Waals surface area contributed by atoms with Crippen LogP contribution in [0.2, 0.25) is 0 Å². The fraction of sp³-hybridized carbons (Fsp3) is 0.600. The van der Waals surface area contributed by atoms with Crippen LogP contribution in [0.15, 0.2) is 18.5 Å². The summed E-state index contributed by atoms with van der Waals surface area (Å²) in [6.07, 6.45) is 2.82. The van der Waals surface area contributed by atoms with Crippen LogP contribution in [0.25, 0.3) is 0 Å². The van der Waals surface area contributed by atoms with Gasteiger partial charge in [-0.1, -0.05) is 0 Å². The number of rotatable bonds is 3. The van der Waals surface area contributed by atoms with Gasteiger partial charge in [0.25, 0.3) is 0 Å². The molecule has 2 aliphatic rings. The van der Waals surface area contributed by atoms with E-state index in [2.05, 4.69) is 9.88 Å². The summed E-state index contributed by atoms with van der Waals surface area (Å²) in [5.74, 6) is 0.118. The number of hydrogen-bond acceptors (Lipinski definition) is 6. The molecule has 3 rings (SSSR count). The maximum atomic E-state index is 12.7. The maximum absolute atomic E-state index is 12.7. The van der Waals surface area contributed by atoms with Crippen LogP contribution >= 0.6 is 0 Å². The first kappa shape index (κ1) is 15.7. The van der Waals surface area contributed by atoms with Crippen LogP contribution in [0, 0.1) is 10.1 Å². The Labute approximate surface area is 134 Å². The van der Waals surface area contributed by atoms with E-state index in [0.29, 0.717) is 18.8 Å². The Morgan fingerprint density at radius 2 is 2.04 bits per heavy atom. The molecule has 0 bridgehead atoms. The highest BCUT2D eigenvalue weighted by Gasteiger charge is 2.40. The van der Waals surface area contributed by atoms with Gasteiger partial charge >= 0.3 is 5.69 Å². The lowest BCUT2D eigenvalue weighted by molar-refractivity contribution is -0.384. The molecule has 8 heteroatoms. The summed E-state index contributed by atoms with van der Waals surface area (Å²) in [5.41, 5.74) is 0.532. The van der Waals surface area contributed by atoms with Gasteiger partial charge in [0.1, 0.15) is 17.9 Å². The number of piperazine rings is 2. The van der Waals surface area contributed by atoms with E-state index in [4.69, 9.17) is 0 Å². The lowest BCUT2D eigenvalue weighted by Crippen LogP contribution is -2.65. The number of nitrogens with zero attached hydrogens (tertiary/aromatic N) is 5. The number of carbonyl (C=O) groups is 1. The molecule has 0 saturated carbocycles. The van der Waals surface area contributed by atoms with E-state index in [1.54, 1.807) is 12.3 Å². The summed E-state index contributed by atoms with van der Waals surface area (Å²) in [7, 11) is 0. The Bertz CT molecular complexity index is 621. The van der Waals surface area contributed by atoms with Gasteiger partial charge < -0.3 is 9.80 Å². The largest absolute Gasteiger partial charge is 0.362 e. The smallest absolute Gasteiger partial charge is 0.310 e. The molecule has 8 nitrogen and oxygen atoms in total. The van der Waals surface area contributed by atoms with E-state index in [9.17, 15) is 14.9 Å². The highest BCUT2D eigenvalue weighted by molar-refractivity contribution is 5.84. The number of fused-ring (bicyclic) bond motifs is 1. The number of carbonyl (C=O) groups excluding carboxylic acids is 1. The molecule has 1 aromatic heterocycles. The molecule has 0 aromatic carbocycles. The lowest BCUT2D eigenvalue weighted by atomic mass is 10.1. The summed E-state index contributed by atoms with van der Waals surface area (Å²) in [6, 6.07) is 1.60. The average molecular weight is 319 g/mol. The molecule has 3 heterocycles. The molecule has 2 aliphatic heterocycles. The Hall–Kier alpha value is -2.22. The predicted molar refractivity (Wildman–Crippen MR) is 85.3 cm³/mol. The number of amides is 1. The molecule has 0 spiro atoms. The summed E-state index contributed by atoms with van der Waals surface area (Å²) >= 11 is 0. The third-order valence-corrected chi connectivity index (χ3v) is 4.63. The number of aromatic nitrogens is 1. The second kappa shape index (κ2) is 6.11. The van der Waals surface area contributed by atoms with E-state index in [-0.39, 0.29) is 23.7 Å². The number of nitro groups is 1. The molecule has 23 heavy (non-hydrogen) atoms. The highest BCUT2D eigenvalue weighted by Crippen LogP contribution is 2.29. The minimum Gasteiger partial charge on any atom is -0.362 e. The van der Waals surface area contributed by atoms with E-state index < -0.39 is 4.92 Å². The molecule has 1 aromatic rings. The molecule has 124 valence electrons. The second-order valence-corrected chi connectivity index (χ2v) is 6.24. The third kappa shape index (κ3) is 2.86. The van der Waals surface area contributed by atoms with Crippen LogP contribution in [0.5, 0.6) is 0 Å². The van der Waals surface area contributed by atoms with Crippen molar-refractivity contribution in [1.82, 2.24) is 14.8 Å². The number of anilines is 1. The highest BCUT2D eigenvalue weighted by atomic mass is 16.6. The van der Waals surface area contributed by atoms with Crippen LogP contribution in [0.3, 0.4) is 0 Å². The van der Waals surface area contributed by atoms with Crippen molar-refractivity contribution >= 4 is 17.3 Å². The van der Waals surface area contributed by atoms with Gasteiger partial charge in [-0.3, -0.25) is 24.8 Å². The Balaban J connectivity index is 1.83. The van der Waals surface area contributed by atoms with Crippen LogP contribution in [0.1, 0.15) is 13.8 Å². The van der Waals surface area contributed by atoms with E-state index >= 15 is 0 Å². The molecule has 0 N–H and O–H groups in total. The Kier molecular flexibility index (Phi) is 4.16. The van der Waals surface area contributed by atoms with E-state index in [0.717, 1.165) is 19.6 Å². The average Bonchev–Trinajstić information content (AvgIpc) is 2.54. The van der Waals surface area contributed by atoms with Crippen molar-refractivity contribution in [1.29, 1.82) is 0 Å². The van der Waals surface area contributed by atoms with Crippen molar-refractivity contribution in [3.8, 4) is 0 Å². The summed E-state index contributed by atoms with van der Waals surface area (Å²) < 4.78 is 0. The zero-order valence-electron chi connectivity index (χ0n) is 13.4. The first-order chi connectivity index (χ1) is 11.0. The van der Waals surface area contributed by atoms with Gasteiger partial charge in [0, 0.05) is 45.0 Å². The fourth-order valence-electron chi connectivity index (χ4n) is 3.38. The fourth-order valence-corrected chi connectivity index (χ4v) is 3.38. The quantitative estimate of drug-likeness (QED) is 0.603. The first-order valence-electron chi connectivity index (χ1n) is 7.87. The molecule has 0 aliphatic carbocycles. The maximum Gasteiger partial charge on any atom is 0.310 e. The Morgan fingerprint density at radius 1 is 1.30 bits per heavy atom. The van der Waals surface area contributed by atoms with Crippen molar-refractivity contribution in [2.24, 2.45) is 0 Å². The second-order valence-electron chi connectivity index (χ2n) is 6.24. The monoisotopic (exact) mass is 319 g/mol. The summed E-state index contributed by atoms with van der Waals surface area (Å²) in [6.45, 7) is 7.54. The molecular weight excluding hydrogens is 298 g/mol. The summed E-state index contributed by atoms with van der Waals surface area (Å²) in [4.78, 5) is 33.3. The molecule has 1 atom stereocenters. The Morgan fingerprint density at radius 3 is 2.74 bits per heavy atom. The van der Waals surface area contributed by atoms with Crippen molar-refractivity contribution in [2.75, 3.05) is 37.6 Å². The van der Waals surface area contributed by atoms with Crippen LogP contribution in [-0.4, -0.2) is 70.4 Å². The minimum absolute atomic E-state index is 0.00933. The third-order valence-electron chi connectivity index (χ3n) is 4.63. The van der Waals surface area contributed by atoms with Crippen molar-refractivity contribution in [3.05, 3.63) is 28.6 Å². The van der Waals surface area contributed by atoms with Gasteiger partial charge in [0.05, 0.1) is 4.92 Å². The first-order valence-corrected chi connectivity index (χ1v) is 7.87. The predicted octanol–water partition coefficient (Wildman–Crippen LogP) is 0.731. The van der Waals surface area contributed by atoms with Gasteiger partial charge in [-0.05, 0) is 19.9 Å². The van der Waals surface area contributed by atoms with Crippen LogP contribution in [0.4, 0.5) is 11.4 Å². The minimum atomic E-state index is -0.419. The van der Waals surface area contributed by atoms with Crippen molar-refractivity contribution in [2.45, 2.75) is 25.9 Å². The van der Waals surface area contributed by atoms with Gasteiger partial charge in [-0.2, -0.15) is 0 Å². The van der Waals surface area contributed by atoms with Crippen LogP contribution in [-0.2, 0) is 4.79 Å². The molecule has 1 amide bonds. The van der Waals surface area contributed by atoms with Gasteiger partial charge in [-0.15, -0.1) is 0 Å². The zero-order valence-corrected chi connectivity index (χ0v) is 13.4. The molecule has 2 fully saturated rings. The topological polar surface area (TPSA) is 82.8 Å². The molecule has 2 saturated heterocycles. The standard InChI is InChI=1S/C15H21N5O3/c1-11(2)19-8-7-17-5-6-18(10-14(17)15(19)21)12-3-4-16-9-13(12)20(22)23/h3-4,9,11,14H,5-8,10H2,1-2H3. The number of hydrogen-bond donors (Lipinski definition) is 0. The number of pyridine rings is 1. The van der Waals surface area contributed by atoms with Crippen molar-refractivity contribution < 1.29 is 9.72 Å². The molecule has 0 radical (unpaired) electrons. The van der Waals surface area contributed by atoms with Crippen LogP contribution < -0.4 is 4.90 Å². The SMILES string of the molecule is CC(C)N1CCN2CCN(c3ccncc3[N+](=O)[O-])CC2C1=O. The lowest BCUT2D eigenvalue weighted by Gasteiger charge is -2.47. The summed E-state index contributed by atoms with van der Waals surface area (Å²) in [5, 5.41) is 11.2. The molecule has 1 unspecified atom stereocenters. The normalized spacial score (nSPS) is 22.4. The van der Waals surface area contributed by atoms with Gasteiger partial charge in [0.15, 0.2) is 0 Å². The van der Waals surface area contributed by atoms with Gasteiger partial charge in [0.2, 0.25) is 5.91 Å².